The van der Waals surface area contributed by atoms with E-state index in [1.165, 1.54) is 12.3 Å². The fourth-order valence-corrected chi connectivity index (χ4v) is 4.68. The second kappa shape index (κ2) is 8.77. The molecule has 1 heterocycles. The second-order valence-electron chi connectivity index (χ2n) is 7.98. The SMILES string of the molecule is CS(=O)(=O)c1ccc(CN2CCCN(C(=O)c3ccc(F)c4ccccc34)CC2)cc1. The Morgan fingerprint density at radius 3 is 2.32 bits per heavy atom. The molecule has 1 aliphatic heterocycles. The van der Waals surface area contributed by atoms with Crippen molar-refractivity contribution in [3.8, 4) is 0 Å². The molecule has 1 fully saturated rings. The number of rotatable bonds is 4. The van der Waals surface area contributed by atoms with Gasteiger partial charge in [0.1, 0.15) is 5.82 Å². The van der Waals surface area contributed by atoms with Crippen LogP contribution in [0.5, 0.6) is 0 Å². The van der Waals surface area contributed by atoms with Crippen LogP contribution in [0, 0.1) is 5.82 Å². The van der Waals surface area contributed by atoms with Crippen molar-refractivity contribution in [1.82, 2.24) is 9.80 Å². The van der Waals surface area contributed by atoms with Crippen LogP contribution in [0.4, 0.5) is 4.39 Å². The van der Waals surface area contributed by atoms with Crippen LogP contribution in [-0.2, 0) is 16.4 Å². The molecule has 0 spiro atoms. The summed E-state index contributed by atoms with van der Waals surface area (Å²) in [6.45, 7) is 3.51. The molecular weight excluding hydrogens is 415 g/mol. The summed E-state index contributed by atoms with van der Waals surface area (Å²) in [5, 5.41) is 1.10. The minimum atomic E-state index is -3.20. The summed E-state index contributed by atoms with van der Waals surface area (Å²) in [6, 6.07) is 17.0. The highest BCUT2D eigenvalue weighted by Crippen LogP contribution is 2.24. The van der Waals surface area contributed by atoms with Gasteiger partial charge >= 0.3 is 0 Å². The lowest BCUT2D eigenvalue weighted by Crippen LogP contribution is -2.35. The van der Waals surface area contributed by atoms with Crippen molar-refractivity contribution in [3.05, 3.63) is 77.6 Å². The molecule has 3 aromatic carbocycles. The van der Waals surface area contributed by atoms with Gasteiger partial charge in [0.05, 0.1) is 4.90 Å². The molecule has 31 heavy (non-hydrogen) atoms. The summed E-state index contributed by atoms with van der Waals surface area (Å²) in [4.78, 5) is 17.6. The molecule has 1 amide bonds. The van der Waals surface area contributed by atoms with Crippen LogP contribution in [-0.4, -0.2) is 56.6 Å². The monoisotopic (exact) mass is 440 g/mol. The molecule has 0 unspecified atom stereocenters. The van der Waals surface area contributed by atoms with E-state index < -0.39 is 9.84 Å². The van der Waals surface area contributed by atoms with E-state index in [4.69, 9.17) is 0 Å². The molecule has 0 atom stereocenters. The number of nitrogens with zero attached hydrogens (tertiary/aromatic N) is 2. The normalized spacial score (nSPS) is 15.7. The van der Waals surface area contributed by atoms with E-state index in [1.807, 2.05) is 23.1 Å². The van der Waals surface area contributed by atoms with Crippen LogP contribution >= 0.6 is 0 Å². The fourth-order valence-electron chi connectivity index (χ4n) is 4.05. The molecule has 7 heteroatoms. The largest absolute Gasteiger partial charge is 0.337 e. The zero-order chi connectivity index (χ0) is 22.0. The predicted molar refractivity (Wildman–Crippen MR) is 119 cm³/mol. The van der Waals surface area contributed by atoms with Crippen LogP contribution < -0.4 is 0 Å². The average Bonchev–Trinajstić information content (AvgIpc) is 2.99. The van der Waals surface area contributed by atoms with E-state index in [9.17, 15) is 17.6 Å². The van der Waals surface area contributed by atoms with Gasteiger partial charge in [-0.05, 0) is 41.6 Å². The van der Waals surface area contributed by atoms with Gasteiger partial charge < -0.3 is 4.90 Å². The van der Waals surface area contributed by atoms with Gasteiger partial charge in [0.25, 0.3) is 5.91 Å². The maximum Gasteiger partial charge on any atom is 0.254 e. The summed E-state index contributed by atoms with van der Waals surface area (Å²) >= 11 is 0. The maximum atomic E-state index is 14.1. The van der Waals surface area contributed by atoms with Crippen LogP contribution in [0.1, 0.15) is 22.3 Å². The third kappa shape index (κ3) is 4.78. The quantitative estimate of drug-likeness (QED) is 0.620. The van der Waals surface area contributed by atoms with Crippen molar-refractivity contribution in [1.29, 1.82) is 0 Å². The number of hydrogen-bond acceptors (Lipinski definition) is 4. The van der Waals surface area contributed by atoms with Gasteiger partial charge in [0.15, 0.2) is 9.84 Å². The Balaban J connectivity index is 1.45. The molecule has 0 bridgehead atoms. The number of hydrogen-bond donors (Lipinski definition) is 0. The zero-order valence-corrected chi connectivity index (χ0v) is 18.2. The molecule has 5 nitrogen and oxygen atoms in total. The van der Waals surface area contributed by atoms with E-state index in [-0.39, 0.29) is 11.7 Å². The summed E-state index contributed by atoms with van der Waals surface area (Å²) in [6.07, 6.45) is 2.04. The van der Waals surface area contributed by atoms with Crippen LogP contribution in [0.25, 0.3) is 10.8 Å². The maximum absolute atomic E-state index is 14.1. The molecule has 0 aliphatic carbocycles. The van der Waals surface area contributed by atoms with Crippen molar-refractivity contribution in [2.75, 3.05) is 32.4 Å². The standard InChI is InChI=1S/C24H25FN2O3S/c1-31(29,30)19-9-7-18(8-10-19)17-26-13-4-14-27(16-15-26)24(28)22-11-12-23(25)21-6-3-2-5-20(21)22/h2-3,5-12H,4,13-17H2,1H3. The summed E-state index contributed by atoms with van der Waals surface area (Å²) in [5.74, 6) is -0.397. The minimum absolute atomic E-state index is 0.0736. The number of fused-ring (bicyclic) bond motifs is 1. The molecule has 0 radical (unpaired) electrons. The van der Waals surface area contributed by atoms with Crippen LogP contribution in [0.2, 0.25) is 0 Å². The molecule has 1 saturated heterocycles. The van der Waals surface area contributed by atoms with Crippen LogP contribution in [0.3, 0.4) is 0 Å². The predicted octanol–water partition coefficient (Wildman–Crippen LogP) is 3.73. The average molecular weight is 441 g/mol. The van der Waals surface area contributed by atoms with Crippen molar-refractivity contribution >= 4 is 26.5 Å². The molecule has 3 aromatic rings. The lowest BCUT2D eigenvalue weighted by molar-refractivity contribution is 0.0763. The lowest BCUT2D eigenvalue weighted by Gasteiger charge is -2.23. The Hall–Kier alpha value is -2.77. The van der Waals surface area contributed by atoms with E-state index >= 15 is 0 Å². The van der Waals surface area contributed by atoms with E-state index in [0.717, 1.165) is 25.1 Å². The minimum Gasteiger partial charge on any atom is -0.337 e. The first-order chi connectivity index (χ1) is 14.8. The highest BCUT2D eigenvalue weighted by Gasteiger charge is 2.22. The van der Waals surface area contributed by atoms with Gasteiger partial charge in [-0.15, -0.1) is 0 Å². The first-order valence-corrected chi connectivity index (χ1v) is 12.2. The molecule has 0 N–H and O–H groups in total. The molecule has 1 aliphatic rings. The molecular formula is C24H25FN2O3S. The number of amides is 1. The summed E-state index contributed by atoms with van der Waals surface area (Å²) in [5.41, 5.74) is 1.57. The number of carbonyl (C=O) groups is 1. The molecule has 0 aromatic heterocycles. The topological polar surface area (TPSA) is 57.7 Å². The highest BCUT2D eigenvalue weighted by atomic mass is 32.2. The van der Waals surface area contributed by atoms with E-state index in [2.05, 4.69) is 4.90 Å². The van der Waals surface area contributed by atoms with Gasteiger partial charge in [0, 0.05) is 49.9 Å². The Labute approximate surface area is 182 Å². The van der Waals surface area contributed by atoms with Gasteiger partial charge in [-0.25, -0.2) is 12.8 Å². The van der Waals surface area contributed by atoms with Crippen molar-refractivity contribution < 1.29 is 17.6 Å². The molecule has 4 rings (SSSR count). The molecule has 0 saturated carbocycles. The first kappa shape index (κ1) is 21.5. The van der Waals surface area contributed by atoms with E-state index in [0.29, 0.717) is 40.9 Å². The van der Waals surface area contributed by atoms with Crippen molar-refractivity contribution in [2.24, 2.45) is 0 Å². The lowest BCUT2D eigenvalue weighted by atomic mass is 10.0. The summed E-state index contributed by atoms with van der Waals surface area (Å²) < 4.78 is 37.4. The third-order valence-corrected chi connectivity index (χ3v) is 6.86. The van der Waals surface area contributed by atoms with Crippen molar-refractivity contribution in [3.63, 3.8) is 0 Å². The summed E-state index contributed by atoms with van der Waals surface area (Å²) in [7, 11) is -3.20. The van der Waals surface area contributed by atoms with Crippen molar-refractivity contribution in [2.45, 2.75) is 17.9 Å². The van der Waals surface area contributed by atoms with Crippen LogP contribution in [0.15, 0.2) is 65.6 Å². The third-order valence-electron chi connectivity index (χ3n) is 5.73. The highest BCUT2D eigenvalue weighted by molar-refractivity contribution is 7.90. The van der Waals surface area contributed by atoms with E-state index in [1.54, 1.807) is 36.4 Å². The Bertz CT molecular complexity index is 1210. The second-order valence-corrected chi connectivity index (χ2v) is 9.99. The Morgan fingerprint density at radius 2 is 1.61 bits per heavy atom. The van der Waals surface area contributed by atoms with Gasteiger partial charge in [-0.2, -0.15) is 0 Å². The Morgan fingerprint density at radius 1 is 0.903 bits per heavy atom. The van der Waals surface area contributed by atoms with Gasteiger partial charge in [0.2, 0.25) is 0 Å². The number of benzene rings is 3. The smallest absolute Gasteiger partial charge is 0.254 e. The fraction of sp³-hybridized carbons (Fsp3) is 0.292. The number of halogens is 1. The van der Waals surface area contributed by atoms with Gasteiger partial charge in [-0.3, -0.25) is 9.69 Å². The zero-order valence-electron chi connectivity index (χ0n) is 17.4. The first-order valence-electron chi connectivity index (χ1n) is 10.3. The number of carbonyl (C=O) groups excluding carboxylic acids is 1. The van der Waals surface area contributed by atoms with Gasteiger partial charge in [-0.1, -0.05) is 36.4 Å². The Kier molecular flexibility index (Phi) is 6.07. The number of sulfone groups is 1. The molecule has 162 valence electrons.